The largest absolute Gasteiger partial charge is 0.303 e. The summed E-state index contributed by atoms with van der Waals surface area (Å²) in [6.07, 6.45) is 0. The summed E-state index contributed by atoms with van der Waals surface area (Å²) in [4.78, 5) is 14.9. The van der Waals surface area contributed by atoms with Gasteiger partial charge in [-0.25, -0.2) is 8.42 Å². The fourth-order valence-electron chi connectivity index (χ4n) is 3.72. The Balaban J connectivity index is 1.78. The van der Waals surface area contributed by atoms with E-state index < -0.39 is 10.0 Å². The first kappa shape index (κ1) is 19.2. The van der Waals surface area contributed by atoms with Gasteiger partial charge < -0.3 is 4.90 Å². The number of hydrogen-bond acceptors (Lipinski definition) is 3. The molecule has 4 rings (SSSR count). The standard InChI is InChI=1S/C23H22N2O3S/c1-4-29(27,28)24-20-11-12-21-22-18(20)9-6-10-19(22)23(26)25(21)14-16-7-5-8-17(13-16)15(2)3/h4-13,15,24H,1,14H2,2-3H3. The van der Waals surface area contributed by atoms with Gasteiger partial charge in [-0.3, -0.25) is 9.52 Å². The molecule has 0 aliphatic carbocycles. The molecule has 0 aromatic heterocycles. The van der Waals surface area contributed by atoms with Crippen LogP contribution in [0.4, 0.5) is 11.4 Å². The number of nitrogens with one attached hydrogen (secondary N) is 1. The van der Waals surface area contributed by atoms with Crippen molar-refractivity contribution >= 4 is 38.1 Å². The van der Waals surface area contributed by atoms with Crippen molar-refractivity contribution in [3.63, 3.8) is 0 Å². The summed E-state index contributed by atoms with van der Waals surface area (Å²) in [7, 11) is -3.64. The Morgan fingerprint density at radius 3 is 2.59 bits per heavy atom. The minimum atomic E-state index is -3.64. The zero-order chi connectivity index (χ0) is 20.8. The molecular formula is C23H22N2O3S. The zero-order valence-corrected chi connectivity index (χ0v) is 17.2. The lowest BCUT2D eigenvalue weighted by atomic mass is 10.0. The fourth-order valence-corrected chi connectivity index (χ4v) is 4.29. The Morgan fingerprint density at radius 2 is 1.86 bits per heavy atom. The number of carbonyl (C=O) groups excluding carboxylic acids is 1. The molecule has 6 heteroatoms. The molecule has 0 fully saturated rings. The van der Waals surface area contributed by atoms with Gasteiger partial charge in [0.2, 0.25) is 0 Å². The molecule has 0 unspecified atom stereocenters. The quantitative estimate of drug-likeness (QED) is 0.626. The van der Waals surface area contributed by atoms with E-state index in [-0.39, 0.29) is 5.91 Å². The molecular weight excluding hydrogens is 384 g/mol. The van der Waals surface area contributed by atoms with E-state index in [1.54, 1.807) is 29.2 Å². The van der Waals surface area contributed by atoms with Crippen LogP contribution < -0.4 is 9.62 Å². The average molecular weight is 407 g/mol. The lowest BCUT2D eigenvalue weighted by molar-refractivity contribution is 0.0991. The third-order valence-electron chi connectivity index (χ3n) is 5.22. The number of rotatable bonds is 6. The highest BCUT2D eigenvalue weighted by Gasteiger charge is 2.30. The van der Waals surface area contributed by atoms with Crippen molar-refractivity contribution in [2.75, 3.05) is 9.62 Å². The van der Waals surface area contributed by atoms with Crippen LogP contribution in [0.2, 0.25) is 0 Å². The van der Waals surface area contributed by atoms with Gasteiger partial charge in [0.05, 0.1) is 17.9 Å². The van der Waals surface area contributed by atoms with E-state index in [4.69, 9.17) is 0 Å². The van der Waals surface area contributed by atoms with E-state index in [0.717, 1.165) is 22.0 Å². The summed E-state index contributed by atoms with van der Waals surface area (Å²) in [6.45, 7) is 8.08. The highest BCUT2D eigenvalue weighted by atomic mass is 32.2. The number of carbonyl (C=O) groups is 1. The van der Waals surface area contributed by atoms with Gasteiger partial charge in [-0.05, 0) is 35.2 Å². The molecule has 1 N–H and O–H groups in total. The molecule has 1 heterocycles. The molecule has 148 valence electrons. The summed E-state index contributed by atoms with van der Waals surface area (Å²) >= 11 is 0. The van der Waals surface area contributed by atoms with Crippen LogP contribution in [-0.4, -0.2) is 14.3 Å². The van der Waals surface area contributed by atoms with Gasteiger partial charge in [0.15, 0.2) is 0 Å². The first-order valence-corrected chi connectivity index (χ1v) is 11.0. The number of anilines is 2. The highest BCUT2D eigenvalue weighted by Crippen LogP contribution is 2.41. The van der Waals surface area contributed by atoms with Crippen molar-refractivity contribution in [3.05, 3.63) is 83.3 Å². The van der Waals surface area contributed by atoms with Crippen molar-refractivity contribution in [2.45, 2.75) is 26.3 Å². The molecule has 0 radical (unpaired) electrons. The van der Waals surface area contributed by atoms with Crippen LogP contribution in [0.25, 0.3) is 10.8 Å². The van der Waals surface area contributed by atoms with Crippen LogP contribution in [0.5, 0.6) is 0 Å². The van der Waals surface area contributed by atoms with Crippen molar-refractivity contribution in [3.8, 4) is 0 Å². The van der Waals surface area contributed by atoms with E-state index in [0.29, 0.717) is 29.1 Å². The fraction of sp³-hybridized carbons (Fsp3) is 0.174. The maximum absolute atomic E-state index is 13.1. The van der Waals surface area contributed by atoms with Crippen molar-refractivity contribution in [1.29, 1.82) is 0 Å². The van der Waals surface area contributed by atoms with E-state index in [1.807, 2.05) is 18.2 Å². The van der Waals surface area contributed by atoms with Gasteiger partial charge >= 0.3 is 0 Å². The molecule has 5 nitrogen and oxygen atoms in total. The molecule has 1 aliphatic heterocycles. The third-order valence-corrected chi connectivity index (χ3v) is 6.16. The third kappa shape index (κ3) is 3.40. The van der Waals surface area contributed by atoms with E-state index in [9.17, 15) is 13.2 Å². The molecule has 1 amide bonds. The second-order valence-corrected chi connectivity index (χ2v) is 9.09. The molecule has 1 aliphatic rings. The molecule has 0 saturated carbocycles. The van der Waals surface area contributed by atoms with Crippen LogP contribution in [-0.2, 0) is 16.6 Å². The van der Waals surface area contributed by atoms with Crippen molar-refractivity contribution in [2.24, 2.45) is 0 Å². The molecule has 29 heavy (non-hydrogen) atoms. The SMILES string of the molecule is C=CS(=O)(=O)Nc1ccc2c3c(cccc13)C(=O)N2Cc1cccc(C(C)C)c1. The molecule has 0 atom stereocenters. The van der Waals surface area contributed by atoms with E-state index in [1.165, 1.54) is 5.56 Å². The Labute approximate surface area is 170 Å². The number of sulfonamides is 1. The smallest absolute Gasteiger partial charge is 0.259 e. The molecule has 0 saturated heterocycles. The maximum atomic E-state index is 13.1. The predicted molar refractivity (Wildman–Crippen MR) is 118 cm³/mol. The highest BCUT2D eigenvalue weighted by molar-refractivity contribution is 7.95. The number of hydrogen-bond donors (Lipinski definition) is 1. The van der Waals surface area contributed by atoms with Crippen LogP contribution in [0.15, 0.2) is 66.6 Å². The summed E-state index contributed by atoms with van der Waals surface area (Å²) in [6, 6.07) is 17.1. The summed E-state index contributed by atoms with van der Waals surface area (Å²) in [5, 5.41) is 2.33. The molecule has 3 aromatic rings. The Bertz CT molecular complexity index is 1250. The van der Waals surface area contributed by atoms with Gasteiger partial charge in [-0.1, -0.05) is 56.8 Å². The monoisotopic (exact) mass is 406 g/mol. The minimum absolute atomic E-state index is 0.0794. The Hall–Kier alpha value is -3.12. The number of amides is 1. The lowest BCUT2D eigenvalue weighted by Gasteiger charge is -2.19. The topological polar surface area (TPSA) is 66.5 Å². The first-order chi connectivity index (χ1) is 13.8. The second kappa shape index (κ2) is 7.04. The predicted octanol–water partition coefficient (Wildman–Crippen LogP) is 5.01. The van der Waals surface area contributed by atoms with E-state index in [2.05, 4.69) is 37.3 Å². The van der Waals surface area contributed by atoms with Crippen LogP contribution in [0.3, 0.4) is 0 Å². The summed E-state index contributed by atoms with van der Waals surface area (Å²) in [5.74, 6) is 0.328. The number of nitrogens with zero attached hydrogens (tertiary/aromatic N) is 1. The second-order valence-electron chi connectivity index (χ2n) is 7.47. The molecule has 3 aromatic carbocycles. The van der Waals surface area contributed by atoms with Crippen LogP contribution in [0, 0.1) is 0 Å². The van der Waals surface area contributed by atoms with Gasteiger partial charge in [0, 0.05) is 21.7 Å². The van der Waals surface area contributed by atoms with Gasteiger partial charge in [0.25, 0.3) is 15.9 Å². The minimum Gasteiger partial charge on any atom is -0.303 e. The Kier molecular flexibility index (Phi) is 4.67. The average Bonchev–Trinajstić information content (AvgIpc) is 2.97. The Morgan fingerprint density at radius 1 is 1.10 bits per heavy atom. The first-order valence-electron chi connectivity index (χ1n) is 9.42. The van der Waals surface area contributed by atoms with Crippen LogP contribution in [0.1, 0.15) is 41.3 Å². The summed E-state index contributed by atoms with van der Waals surface area (Å²) < 4.78 is 26.4. The van der Waals surface area contributed by atoms with Crippen molar-refractivity contribution in [1.82, 2.24) is 0 Å². The molecule has 0 spiro atoms. The number of benzene rings is 3. The van der Waals surface area contributed by atoms with Crippen molar-refractivity contribution < 1.29 is 13.2 Å². The normalized spacial score (nSPS) is 13.3. The van der Waals surface area contributed by atoms with Gasteiger partial charge in [-0.15, -0.1) is 0 Å². The maximum Gasteiger partial charge on any atom is 0.259 e. The zero-order valence-electron chi connectivity index (χ0n) is 16.3. The summed E-state index contributed by atoms with van der Waals surface area (Å²) in [5.41, 5.74) is 4.09. The van der Waals surface area contributed by atoms with Crippen LogP contribution >= 0.6 is 0 Å². The lowest BCUT2D eigenvalue weighted by Crippen LogP contribution is -2.26. The van der Waals surface area contributed by atoms with Gasteiger partial charge in [-0.2, -0.15) is 0 Å². The van der Waals surface area contributed by atoms with Gasteiger partial charge in [0.1, 0.15) is 0 Å². The molecule has 0 bridgehead atoms. The van der Waals surface area contributed by atoms with E-state index >= 15 is 0 Å².